The van der Waals surface area contributed by atoms with Gasteiger partial charge in [0.1, 0.15) is 0 Å². The minimum atomic E-state index is -0.677. The van der Waals surface area contributed by atoms with Crippen LogP contribution in [0.4, 0.5) is 0 Å². The molecule has 3 N–H and O–H groups in total. The highest BCUT2D eigenvalue weighted by Gasteiger charge is 2.20. The van der Waals surface area contributed by atoms with Crippen LogP contribution in [0.5, 0.6) is 0 Å². The zero-order valence-electron chi connectivity index (χ0n) is 40.9. The SMILES string of the molecule is CCCCCC/C=C\C/C=C\CCCCCCCCCC(=O)OCCCCCCCCCCCCCC(=O)NC(CO)C(O)CCCCCCCCCCCCCCCCC. The van der Waals surface area contributed by atoms with Crippen LogP contribution in [0.3, 0.4) is 0 Å². The Kier molecular flexibility index (Phi) is 49.6. The summed E-state index contributed by atoms with van der Waals surface area (Å²) in [6.07, 6.45) is 60.0. The number of aliphatic hydroxyl groups is 2. The fourth-order valence-corrected chi connectivity index (χ4v) is 8.32. The molecule has 0 aliphatic rings. The van der Waals surface area contributed by atoms with Crippen molar-refractivity contribution in [3.63, 3.8) is 0 Å². The van der Waals surface area contributed by atoms with Crippen molar-refractivity contribution in [2.45, 2.75) is 302 Å². The predicted octanol–water partition coefficient (Wildman–Crippen LogP) is 16.3. The summed E-state index contributed by atoms with van der Waals surface area (Å²) in [5.41, 5.74) is 0. The number of hydrogen-bond donors (Lipinski definition) is 3. The van der Waals surface area contributed by atoms with E-state index >= 15 is 0 Å². The number of amides is 1. The summed E-state index contributed by atoms with van der Waals surface area (Å²) < 4.78 is 5.47. The first kappa shape index (κ1) is 59.3. The van der Waals surface area contributed by atoms with Gasteiger partial charge in [0.2, 0.25) is 5.91 Å². The Hall–Kier alpha value is -1.66. The molecule has 0 radical (unpaired) electrons. The molecule has 6 nitrogen and oxygen atoms in total. The number of unbranched alkanes of at least 4 members (excludes halogenated alkanes) is 35. The number of aliphatic hydroxyl groups excluding tert-OH is 2. The van der Waals surface area contributed by atoms with Gasteiger partial charge in [0, 0.05) is 12.8 Å². The van der Waals surface area contributed by atoms with E-state index in [0.717, 1.165) is 64.2 Å². The Morgan fingerprint density at radius 3 is 1.26 bits per heavy atom. The molecule has 2 atom stereocenters. The standard InChI is InChI=1S/C55H105NO5/c1-3-5-7-9-11-13-15-17-19-20-21-23-25-29-33-37-41-45-49-55(60)61-50-46-42-38-34-30-26-28-32-36-40-44-48-54(59)56-52(51-57)53(58)47-43-39-35-31-27-24-22-18-16-14-12-10-8-6-4-2/h13,15,19-20,52-53,57-58H,3-12,14,16-18,21-51H2,1-2H3,(H,56,59)/b15-13-,20-19-. The summed E-state index contributed by atoms with van der Waals surface area (Å²) in [6.45, 7) is 4.90. The number of hydrogen-bond acceptors (Lipinski definition) is 5. The van der Waals surface area contributed by atoms with Gasteiger partial charge in [-0.2, -0.15) is 0 Å². The van der Waals surface area contributed by atoms with Crippen LogP contribution < -0.4 is 5.32 Å². The quantitative estimate of drug-likeness (QED) is 0.0322. The molecule has 360 valence electrons. The lowest BCUT2D eigenvalue weighted by Crippen LogP contribution is -2.45. The molecule has 61 heavy (non-hydrogen) atoms. The highest BCUT2D eigenvalue weighted by Crippen LogP contribution is 2.17. The normalized spacial score (nSPS) is 12.8. The van der Waals surface area contributed by atoms with Crippen LogP contribution >= 0.6 is 0 Å². The summed E-state index contributed by atoms with van der Waals surface area (Å²) in [4.78, 5) is 24.5. The van der Waals surface area contributed by atoms with Gasteiger partial charge in [-0.15, -0.1) is 0 Å². The van der Waals surface area contributed by atoms with E-state index in [9.17, 15) is 19.8 Å². The number of carbonyl (C=O) groups is 2. The number of allylic oxidation sites excluding steroid dienone is 4. The van der Waals surface area contributed by atoms with Crippen LogP contribution in [0.2, 0.25) is 0 Å². The lowest BCUT2D eigenvalue weighted by atomic mass is 10.0. The Balaban J connectivity index is 3.46. The average molecular weight is 860 g/mol. The largest absolute Gasteiger partial charge is 0.466 e. The summed E-state index contributed by atoms with van der Waals surface area (Å²) >= 11 is 0. The van der Waals surface area contributed by atoms with Crippen molar-refractivity contribution in [2.24, 2.45) is 0 Å². The van der Waals surface area contributed by atoms with Crippen molar-refractivity contribution < 1.29 is 24.5 Å². The fraction of sp³-hybridized carbons (Fsp3) is 0.891. The van der Waals surface area contributed by atoms with E-state index in [0.29, 0.717) is 25.9 Å². The Morgan fingerprint density at radius 2 is 0.820 bits per heavy atom. The second-order valence-electron chi connectivity index (χ2n) is 18.6. The van der Waals surface area contributed by atoms with Gasteiger partial charge in [-0.3, -0.25) is 9.59 Å². The van der Waals surface area contributed by atoms with Crippen molar-refractivity contribution in [1.82, 2.24) is 5.32 Å². The van der Waals surface area contributed by atoms with Gasteiger partial charge in [0.25, 0.3) is 0 Å². The minimum absolute atomic E-state index is 0.0207. The van der Waals surface area contributed by atoms with Gasteiger partial charge in [0.15, 0.2) is 0 Å². The second-order valence-corrected chi connectivity index (χ2v) is 18.6. The lowest BCUT2D eigenvalue weighted by molar-refractivity contribution is -0.143. The van der Waals surface area contributed by atoms with Crippen LogP contribution in [-0.2, 0) is 14.3 Å². The first-order valence-corrected chi connectivity index (χ1v) is 27.1. The second kappa shape index (κ2) is 51.0. The number of nitrogens with one attached hydrogen (secondary N) is 1. The molecule has 0 spiro atoms. The first-order chi connectivity index (χ1) is 30.0. The predicted molar refractivity (Wildman–Crippen MR) is 264 cm³/mol. The molecule has 0 fully saturated rings. The molecule has 6 heteroatoms. The van der Waals surface area contributed by atoms with E-state index in [-0.39, 0.29) is 18.5 Å². The Bertz CT molecular complexity index is 951. The zero-order chi connectivity index (χ0) is 44.4. The number of esters is 1. The highest BCUT2D eigenvalue weighted by atomic mass is 16.5. The van der Waals surface area contributed by atoms with E-state index in [4.69, 9.17) is 4.74 Å². The van der Waals surface area contributed by atoms with Crippen molar-refractivity contribution in [1.29, 1.82) is 0 Å². The molecule has 1 amide bonds. The van der Waals surface area contributed by atoms with Crippen LogP contribution in [0.25, 0.3) is 0 Å². The maximum absolute atomic E-state index is 12.5. The summed E-state index contributed by atoms with van der Waals surface area (Å²) in [7, 11) is 0. The molecule has 0 saturated heterocycles. The molecule has 0 rings (SSSR count). The van der Waals surface area contributed by atoms with E-state index in [1.54, 1.807) is 0 Å². The number of carbonyl (C=O) groups excluding carboxylic acids is 2. The zero-order valence-corrected chi connectivity index (χ0v) is 40.9. The van der Waals surface area contributed by atoms with Crippen molar-refractivity contribution >= 4 is 11.9 Å². The van der Waals surface area contributed by atoms with Crippen LogP contribution in [0, 0.1) is 0 Å². The van der Waals surface area contributed by atoms with Crippen LogP contribution in [-0.4, -0.2) is 47.4 Å². The molecule has 0 aromatic carbocycles. The van der Waals surface area contributed by atoms with E-state index in [1.165, 1.54) is 193 Å². The maximum Gasteiger partial charge on any atom is 0.305 e. The average Bonchev–Trinajstić information content (AvgIpc) is 3.26. The molecule has 0 saturated carbocycles. The number of ether oxygens (including phenoxy) is 1. The molecule has 0 aromatic rings. The topological polar surface area (TPSA) is 95.9 Å². The van der Waals surface area contributed by atoms with Crippen molar-refractivity contribution in [2.75, 3.05) is 13.2 Å². The number of rotatable bonds is 50. The van der Waals surface area contributed by atoms with Crippen molar-refractivity contribution in [3.05, 3.63) is 24.3 Å². The Labute approximate surface area is 380 Å². The third kappa shape index (κ3) is 47.7. The molecular formula is C55H105NO5. The van der Waals surface area contributed by atoms with E-state index in [1.807, 2.05) is 0 Å². The molecule has 0 bridgehead atoms. The molecule has 0 aromatic heterocycles. The van der Waals surface area contributed by atoms with E-state index < -0.39 is 12.1 Å². The fourth-order valence-electron chi connectivity index (χ4n) is 8.32. The van der Waals surface area contributed by atoms with Gasteiger partial charge < -0.3 is 20.3 Å². The minimum Gasteiger partial charge on any atom is -0.466 e. The smallest absolute Gasteiger partial charge is 0.305 e. The molecule has 0 heterocycles. The van der Waals surface area contributed by atoms with Gasteiger partial charge in [-0.1, -0.05) is 244 Å². The van der Waals surface area contributed by atoms with Gasteiger partial charge >= 0.3 is 5.97 Å². The molecule has 0 aliphatic carbocycles. The Morgan fingerprint density at radius 1 is 0.459 bits per heavy atom. The van der Waals surface area contributed by atoms with Crippen LogP contribution in [0.15, 0.2) is 24.3 Å². The van der Waals surface area contributed by atoms with Gasteiger partial charge in [0.05, 0.1) is 25.4 Å². The summed E-state index contributed by atoms with van der Waals surface area (Å²) in [5.74, 6) is -0.0741. The van der Waals surface area contributed by atoms with Gasteiger partial charge in [-0.05, 0) is 57.8 Å². The maximum atomic E-state index is 12.5. The summed E-state index contributed by atoms with van der Waals surface area (Å²) in [6, 6.07) is -0.556. The highest BCUT2D eigenvalue weighted by molar-refractivity contribution is 5.76. The monoisotopic (exact) mass is 860 g/mol. The van der Waals surface area contributed by atoms with E-state index in [2.05, 4.69) is 43.5 Å². The van der Waals surface area contributed by atoms with Crippen molar-refractivity contribution in [3.8, 4) is 0 Å². The molecule has 2 unspecified atom stereocenters. The van der Waals surface area contributed by atoms with Crippen LogP contribution in [0.1, 0.15) is 290 Å². The molecular weight excluding hydrogens is 755 g/mol. The first-order valence-electron chi connectivity index (χ1n) is 27.1. The molecule has 0 aliphatic heterocycles. The third-order valence-electron chi connectivity index (χ3n) is 12.5. The third-order valence-corrected chi connectivity index (χ3v) is 12.5. The summed E-state index contributed by atoms with van der Waals surface area (Å²) in [5, 5.41) is 23.2. The lowest BCUT2D eigenvalue weighted by Gasteiger charge is -2.22. The van der Waals surface area contributed by atoms with Gasteiger partial charge in [-0.25, -0.2) is 0 Å².